The Balaban J connectivity index is 2.44. The van der Waals surface area contributed by atoms with Crippen LogP contribution < -0.4 is 0 Å². The standard InChI is InChI=1S/C12H14O2/c1-2-14-12(13)9-5-7-10-6-3-4-8-11(10)12/h3-8,13H,2,9H2,1H3. The molecular weight excluding hydrogens is 176 g/mol. The molecule has 1 unspecified atom stereocenters. The summed E-state index contributed by atoms with van der Waals surface area (Å²) in [5.74, 6) is -1.12. The Kier molecular flexibility index (Phi) is 2.40. The summed E-state index contributed by atoms with van der Waals surface area (Å²) in [4.78, 5) is 0. The lowest BCUT2D eigenvalue weighted by atomic mass is 9.92. The molecular formula is C12H14O2. The zero-order chi connectivity index (χ0) is 10.0. The van der Waals surface area contributed by atoms with E-state index < -0.39 is 5.79 Å². The Morgan fingerprint density at radius 3 is 3.00 bits per heavy atom. The van der Waals surface area contributed by atoms with E-state index in [-0.39, 0.29) is 0 Å². The molecule has 0 bridgehead atoms. The monoisotopic (exact) mass is 190 g/mol. The second kappa shape index (κ2) is 3.56. The van der Waals surface area contributed by atoms with Gasteiger partial charge in [0.2, 0.25) is 0 Å². The number of hydrogen-bond acceptors (Lipinski definition) is 2. The quantitative estimate of drug-likeness (QED) is 0.725. The van der Waals surface area contributed by atoms with Crippen molar-refractivity contribution < 1.29 is 9.84 Å². The average molecular weight is 190 g/mol. The number of benzene rings is 1. The first-order valence-corrected chi connectivity index (χ1v) is 4.88. The minimum Gasteiger partial charge on any atom is -0.362 e. The number of hydrogen-bond donors (Lipinski definition) is 1. The van der Waals surface area contributed by atoms with E-state index >= 15 is 0 Å². The van der Waals surface area contributed by atoms with Crippen molar-refractivity contribution in [3.05, 3.63) is 41.5 Å². The molecule has 0 spiro atoms. The summed E-state index contributed by atoms with van der Waals surface area (Å²) in [6.07, 6.45) is 4.48. The third-order valence-corrected chi connectivity index (χ3v) is 2.46. The largest absolute Gasteiger partial charge is 0.362 e. The van der Waals surface area contributed by atoms with E-state index in [2.05, 4.69) is 0 Å². The van der Waals surface area contributed by atoms with Crippen molar-refractivity contribution in [1.29, 1.82) is 0 Å². The van der Waals surface area contributed by atoms with E-state index in [1.165, 1.54) is 0 Å². The molecule has 0 aliphatic heterocycles. The highest BCUT2D eigenvalue weighted by atomic mass is 16.6. The van der Waals surface area contributed by atoms with Crippen LogP contribution in [0.25, 0.3) is 6.08 Å². The minimum absolute atomic E-state index is 0.513. The zero-order valence-electron chi connectivity index (χ0n) is 8.23. The maximum absolute atomic E-state index is 10.2. The normalized spacial score (nSPS) is 24.7. The van der Waals surface area contributed by atoms with Crippen LogP contribution in [0.2, 0.25) is 0 Å². The van der Waals surface area contributed by atoms with Crippen molar-refractivity contribution in [2.45, 2.75) is 19.1 Å². The number of ether oxygens (including phenoxy) is 1. The van der Waals surface area contributed by atoms with Gasteiger partial charge in [-0.15, -0.1) is 0 Å². The Hall–Kier alpha value is -1.12. The van der Waals surface area contributed by atoms with Crippen LogP contribution in [0.3, 0.4) is 0 Å². The fourth-order valence-corrected chi connectivity index (χ4v) is 1.83. The fraction of sp³-hybridized carbons (Fsp3) is 0.333. The third-order valence-electron chi connectivity index (χ3n) is 2.46. The van der Waals surface area contributed by atoms with Crippen LogP contribution in [0, 0.1) is 0 Å². The van der Waals surface area contributed by atoms with Crippen LogP contribution in [0.5, 0.6) is 0 Å². The molecule has 2 nitrogen and oxygen atoms in total. The summed E-state index contributed by atoms with van der Waals surface area (Å²) < 4.78 is 5.40. The Morgan fingerprint density at radius 2 is 2.21 bits per heavy atom. The summed E-state index contributed by atoms with van der Waals surface area (Å²) >= 11 is 0. The number of fused-ring (bicyclic) bond motifs is 1. The van der Waals surface area contributed by atoms with E-state index in [1.54, 1.807) is 0 Å². The first-order valence-electron chi connectivity index (χ1n) is 4.88. The Morgan fingerprint density at radius 1 is 1.43 bits per heavy atom. The molecule has 0 heterocycles. The van der Waals surface area contributed by atoms with Crippen molar-refractivity contribution >= 4 is 6.08 Å². The smallest absolute Gasteiger partial charge is 0.196 e. The van der Waals surface area contributed by atoms with Gasteiger partial charge in [-0.3, -0.25) is 0 Å². The minimum atomic E-state index is -1.12. The van der Waals surface area contributed by atoms with Crippen LogP contribution in [0.4, 0.5) is 0 Å². The molecule has 0 saturated heterocycles. The number of rotatable bonds is 2. The topological polar surface area (TPSA) is 29.5 Å². The van der Waals surface area contributed by atoms with Gasteiger partial charge in [0.15, 0.2) is 5.79 Å². The van der Waals surface area contributed by atoms with Crippen LogP contribution in [-0.4, -0.2) is 11.7 Å². The van der Waals surface area contributed by atoms with Crippen LogP contribution >= 0.6 is 0 Å². The summed E-state index contributed by atoms with van der Waals surface area (Å²) in [5.41, 5.74) is 1.90. The highest BCUT2D eigenvalue weighted by Crippen LogP contribution is 2.34. The summed E-state index contributed by atoms with van der Waals surface area (Å²) in [6.45, 7) is 2.40. The maximum Gasteiger partial charge on any atom is 0.196 e. The molecule has 74 valence electrons. The molecule has 0 radical (unpaired) electrons. The Labute approximate surface area is 83.8 Å². The molecule has 1 atom stereocenters. The van der Waals surface area contributed by atoms with Gasteiger partial charge in [0, 0.05) is 18.6 Å². The molecule has 0 fully saturated rings. The predicted molar refractivity (Wildman–Crippen MR) is 55.6 cm³/mol. The van der Waals surface area contributed by atoms with Crippen molar-refractivity contribution in [2.75, 3.05) is 6.61 Å². The van der Waals surface area contributed by atoms with Crippen LogP contribution in [0.1, 0.15) is 24.5 Å². The first kappa shape index (κ1) is 9.44. The molecule has 1 N–H and O–H groups in total. The molecule has 2 heteroatoms. The second-order valence-corrected chi connectivity index (χ2v) is 3.41. The lowest BCUT2D eigenvalue weighted by molar-refractivity contribution is -0.207. The molecule has 1 aliphatic rings. The second-order valence-electron chi connectivity index (χ2n) is 3.41. The number of aliphatic hydroxyl groups is 1. The zero-order valence-corrected chi connectivity index (χ0v) is 8.23. The van der Waals surface area contributed by atoms with Gasteiger partial charge in [0.05, 0.1) is 0 Å². The molecule has 1 aromatic rings. The van der Waals surface area contributed by atoms with E-state index in [9.17, 15) is 5.11 Å². The van der Waals surface area contributed by atoms with E-state index in [0.717, 1.165) is 11.1 Å². The third kappa shape index (κ3) is 1.47. The average Bonchev–Trinajstić information content (AvgIpc) is 2.19. The molecule has 0 saturated carbocycles. The summed E-state index contributed by atoms with van der Waals surface area (Å²) in [5, 5.41) is 10.2. The lowest BCUT2D eigenvalue weighted by Crippen LogP contribution is -2.31. The highest BCUT2D eigenvalue weighted by molar-refractivity contribution is 5.57. The van der Waals surface area contributed by atoms with Crippen molar-refractivity contribution in [3.8, 4) is 0 Å². The van der Waals surface area contributed by atoms with E-state index in [4.69, 9.17) is 4.74 Å². The van der Waals surface area contributed by atoms with Gasteiger partial charge >= 0.3 is 0 Å². The van der Waals surface area contributed by atoms with Crippen LogP contribution in [-0.2, 0) is 10.5 Å². The first-order chi connectivity index (χ1) is 6.76. The maximum atomic E-state index is 10.2. The van der Waals surface area contributed by atoms with Crippen molar-refractivity contribution in [1.82, 2.24) is 0 Å². The van der Waals surface area contributed by atoms with Gasteiger partial charge in [-0.05, 0) is 12.5 Å². The molecule has 2 rings (SSSR count). The van der Waals surface area contributed by atoms with Gasteiger partial charge in [-0.1, -0.05) is 36.4 Å². The summed E-state index contributed by atoms with van der Waals surface area (Å²) in [6, 6.07) is 7.77. The Bertz CT molecular complexity index is 357. The van der Waals surface area contributed by atoms with Crippen LogP contribution in [0.15, 0.2) is 30.3 Å². The van der Waals surface area contributed by atoms with Crippen molar-refractivity contribution in [3.63, 3.8) is 0 Å². The van der Waals surface area contributed by atoms with Gasteiger partial charge < -0.3 is 9.84 Å². The van der Waals surface area contributed by atoms with Gasteiger partial charge in [-0.2, -0.15) is 0 Å². The van der Waals surface area contributed by atoms with Gasteiger partial charge in [-0.25, -0.2) is 0 Å². The SMILES string of the molecule is CCOC1(O)CC=Cc2ccccc21. The van der Waals surface area contributed by atoms with Crippen molar-refractivity contribution in [2.24, 2.45) is 0 Å². The van der Waals surface area contributed by atoms with E-state index in [0.29, 0.717) is 13.0 Å². The molecule has 0 aromatic heterocycles. The molecule has 1 aromatic carbocycles. The van der Waals surface area contributed by atoms with E-state index in [1.807, 2.05) is 43.3 Å². The molecule has 0 amide bonds. The molecule has 1 aliphatic carbocycles. The van der Waals surface area contributed by atoms with Gasteiger partial charge in [0.1, 0.15) is 0 Å². The summed E-state index contributed by atoms with van der Waals surface area (Å²) in [7, 11) is 0. The fourth-order valence-electron chi connectivity index (χ4n) is 1.83. The van der Waals surface area contributed by atoms with Gasteiger partial charge in [0.25, 0.3) is 0 Å². The lowest BCUT2D eigenvalue weighted by Gasteiger charge is -2.31. The highest BCUT2D eigenvalue weighted by Gasteiger charge is 2.32. The predicted octanol–water partition coefficient (Wildman–Crippen LogP) is 2.29. The molecule has 14 heavy (non-hydrogen) atoms.